The Morgan fingerprint density at radius 3 is 2.70 bits per heavy atom. The van der Waals surface area contributed by atoms with Crippen LogP contribution in [-0.2, 0) is 0 Å². The molecule has 0 spiro atoms. The fourth-order valence-corrected chi connectivity index (χ4v) is 3.66. The molecule has 0 saturated carbocycles. The number of likely N-dealkylation sites (N-methyl/N-ethyl adjacent to an activating group) is 1. The molecule has 0 aromatic carbocycles. The van der Waals surface area contributed by atoms with Crippen molar-refractivity contribution in [2.75, 3.05) is 18.5 Å². The number of hydrogen-bond acceptors (Lipinski definition) is 4. The molecule has 5 nitrogen and oxygen atoms in total. The van der Waals surface area contributed by atoms with Crippen molar-refractivity contribution in [1.82, 2.24) is 9.88 Å². The van der Waals surface area contributed by atoms with Crippen LogP contribution in [0, 0.1) is 10.5 Å². The van der Waals surface area contributed by atoms with Crippen LogP contribution in [-0.4, -0.2) is 46.8 Å². The summed E-state index contributed by atoms with van der Waals surface area (Å²) in [6.45, 7) is 6.59. The van der Waals surface area contributed by atoms with Crippen molar-refractivity contribution in [3.8, 4) is 0 Å². The molecule has 112 valence electrons. The molecular formula is C13H20FN3O2S. The predicted octanol–water partition coefficient (Wildman–Crippen LogP) is 2.89. The smallest absolute Gasteiger partial charge is 0.407 e. The lowest BCUT2D eigenvalue weighted by molar-refractivity contribution is 0.101. The van der Waals surface area contributed by atoms with E-state index in [-0.39, 0.29) is 22.6 Å². The molecule has 2 atom stereocenters. The van der Waals surface area contributed by atoms with Gasteiger partial charge in [-0.05, 0) is 11.8 Å². The number of halogens is 1. The Morgan fingerprint density at radius 2 is 2.25 bits per heavy atom. The zero-order valence-electron chi connectivity index (χ0n) is 12.1. The normalized spacial score (nSPS) is 23.1. The van der Waals surface area contributed by atoms with Crippen LogP contribution in [0.1, 0.15) is 27.2 Å². The van der Waals surface area contributed by atoms with Gasteiger partial charge in [-0.25, -0.2) is 9.78 Å². The van der Waals surface area contributed by atoms with Gasteiger partial charge in [0.1, 0.15) is 0 Å². The first-order chi connectivity index (χ1) is 9.21. The fourth-order valence-electron chi connectivity index (χ4n) is 2.99. The SMILES string of the molecule is CN(c1ncc(F)s1)C1CCN(C(=O)O)C1C(C)(C)C. The molecule has 2 rings (SSSR count). The topological polar surface area (TPSA) is 56.7 Å². The van der Waals surface area contributed by atoms with Crippen molar-refractivity contribution in [1.29, 1.82) is 0 Å². The van der Waals surface area contributed by atoms with Crippen LogP contribution in [0.5, 0.6) is 0 Å². The van der Waals surface area contributed by atoms with Crippen LogP contribution in [0.3, 0.4) is 0 Å². The first kappa shape index (κ1) is 15.0. The van der Waals surface area contributed by atoms with Crippen LogP contribution in [0.25, 0.3) is 0 Å². The molecule has 1 N–H and O–H groups in total. The summed E-state index contributed by atoms with van der Waals surface area (Å²) in [4.78, 5) is 18.9. The van der Waals surface area contributed by atoms with E-state index in [0.29, 0.717) is 11.7 Å². The fraction of sp³-hybridized carbons (Fsp3) is 0.692. The summed E-state index contributed by atoms with van der Waals surface area (Å²) in [7, 11) is 1.85. The monoisotopic (exact) mass is 301 g/mol. The van der Waals surface area contributed by atoms with Crippen molar-refractivity contribution in [2.24, 2.45) is 5.41 Å². The second-order valence-electron chi connectivity index (χ2n) is 6.20. The maximum Gasteiger partial charge on any atom is 0.407 e. The molecule has 1 aliphatic rings. The van der Waals surface area contributed by atoms with Gasteiger partial charge in [0, 0.05) is 13.6 Å². The van der Waals surface area contributed by atoms with E-state index >= 15 is 0 Å². The molecule has 7 heteroatoms. The molecule has 2 heterocycles. The average molecular weight is 301 g/mol. The lowest BCUT2D eigenvalue weighted by Crippen LogP contribution is -2.52. The highest BCUT2D eigenvalue weighted by atomic mass is 32.1. The third-order valence-electron chi connectivity index (χ3n) is 3.76. The molecule has 0 aliphatic carbocycles. The minimum Gasteiger partial charge on any atom is -0.465 e. The predicted molar refractivity (Wildman–Crippen MR) is 76.9 cm³/mol. The number of likely N-dealkylation sites (tertiary alicyclic amines) is 1. The molecule has 0 radical (unpaired) electrons. The van der Waals surface area contributed by atoms with Crippen LogP contribution >= 0.6 is 11.3 Å². The number of anilines is 1. The highest BCUT2D eigenvalue weighted by Gasteiger charge is 2.46. The van der Waals surface area contributed by atoms with Gasteiger partial charge in [-0.3, -0.25) is 0 Å². The van der Waals surface area contributed by atoms with Gasteiger partial charge in [-0.2, -0.15) is 4.39 Å². The van der Waals surface area contributed by atoms with Gasteiger partial charge in [0.05, 0.1) is 18.3 Å². The molecule has 1 aliphatic heterocycles. The third kappa shape index (κ3) is 2.72. The lowest BCUT2D eigenvalue weighted by Gasteiger charge is -2.40. The molecule has 0 bridgehead atoms. The zero-order chi connectivity index (χ0) is 15.1. The van der Waals surface area contributed by atoms with E-state index in [1.165, 1.54) is 11.1 Å². The Labute approximate surface area is 122 Å². The van der Waals surface area contributed by atoms with Gasteiger partial charge in [0.25, 0.3) is 0 Å². The summed E-state index contributed by atoms with van der Waals surface area (Å²) in [5.41, 5.74) is -0.191. The minimum absolute atomic E-state index is 0.0108. The second kappa shape index (κ2) is 5.20. The summed E-state index contributed by atoms with van der Waals surface area (Å²) < 4.78 is 13.1. The molecular weight excluding hydrogens is 281 g/mol. The largest absolute Gasteiger partial charge is 0.465 e. The summed E-state index contributed by atoms with van der Waals surface area (Å²) in [6, 6.07) is -0.131. The molecule has 2 unspecified atom stereocenters. The summed E-state index contributed by atoms with van der Waals surface area (Å²) >= 11 is 0.987. The Kier molecular flexibility index (Phi) is 3.90. The van der Waals surface area contributed by atoms with Crippen molar-refractivity contribution in [2.45, 2.75) is 39.3 Å². The van der Waals surface area contributed by atoms with Gasteiger partial charge in [0.2, 0.25) is 0 Å². The van der Waals surface area contributed by atoms with Crippen molar-refractivity contribution in [3.63, 3.8) is 0 Å². The van der Waals surface area contributed by atoms with Gasteiger partial charge in [-0.15, -0.1) is 0 Å². The van der Waals surface area contributed by atoms with Gasteiger partial charge in [-0.1, -0.05) is 32.1 Å². The van der Waals surface area contributed by atoms with E-state index in [4.69, 9.17) is 0 Å². The maximum absolute atomic E-state index is 13.1. The van der Waals surface area contributed by atoms with Gasteiger partial charge in [0.15, 0.2) is 10.3 Å². The number of nitrogens with zero attached hydrogens (tertiary/aromatic N) is 3. The molecule has 1 aromatic rings. The number of amides is 1. The van der Waals surface area contributed by atoms with E-state index in [1.807, 2.05) is 32.7 Å². The Hall–Kier alpha value is -1.37. The van der Waals surface area contributed by atoms with Crippen molar-refractivity contribution >= 4 is 22.6 Å². The first-order valence-electron chi connectivity index (χ1n) is 6.55. The number of thiazole rings is 1. The van der Waals surface area contributed by atoms with E-state index in [9.17, 15) is 14.3 Å². The first-order valence-corrected chi connectivity index (χ1v) is 7.37. The van der Waals surface area contributed by atoms with Crippen molar-refractivity contribution in [3.05, 3.63) is 11.3 Å². The van der Waals surface area contributed by atoms with E-state index in [1.54, 1.807) is 0 Å². The quantitative estimate of drug-likeness (QED) is 0.912. The van der Waals surface area contributed by atoms with Gasteiger partial charge >= 0.3 is 6.09 Å². The van der Waals surface area contributed by atoms with Crippen LogP contribution in [0.4, 0.5) is 14.3 Å². The summed E-state index contributed by atoms with van der Waals surface area (Å²) in [6.07, 6.45) is 1.03. The highest BCUT2D eigenvalue weighted by Crippen LogP contribution is 2.37. The molecule has 1 fully saturated rings. The van der Waals surface area contributed by atoms with Crippen molar-refractivity contribution < 1.29 is 14.3 Å². The van der Waals surface area contributed by atoms with E-state index < -0.39 is 6.09 Å². The average Bonchev–Trinajstić information content (AvgIpc) is 2.92. The Balaban J connectivity index is 2.28. The van der Waals surface area contributed by atoms with Crippen LogP contribution < -0.4 is 4.90 Å². The lowest BCUT2D eigenvalue weighted by atomic mass is 9.82. The number of rotatable bonds is 2. The summed E-state index contributed by atoms with van der Waals surface area (Å²) in [5.74, 6) is 0. The number of hydrogen-bond donors (Lipinski definition) is 1. The van der Waals surface area contributed by atoms with E-state index in [0.717, 1.165) is 17.8 Å². The third-order valence-corrected chi connectivity index (χ3v) is 4.64. The number of aromatic nitrogens is 1. The molecule has 1 aromatic heterocycles. The van der Waals surface area contributed by atoms with Crippen LogP contribution in [0.2, 0.25) is 0 Å². The zero-order valence-corrected chi connectivity index (χ0v) is 12.9. The molecule has 20 heavy (non-hydrogen) atoms. The number of carboxylic acid groups (broad SMARTS) is 1. The summed E-state index contributed by atoms with van der Waals surface area (Å²) in [5, 5.41) is 9.62. The number of carbonyl (C=O) groups is 1. The molecule has 1 saturated heterocycles. The van der Waals surface area contributed by atoms with E-state index in [2.05, 4.69) is 4.98 Å². The highest BCUT2D eigenvalue weighted by molar-refractivity contribution is 7.14. The van der Waals surface area contributed by atoms with Gasteiger partial charge < -0.3 is 14.9 Å². The standard InChI is InChI=1S/C13H20FN3O2S/c1-13(2,3)10-8(5-6-17(10)12(18)19)16(4)11-15-7-9(14)20-11/h7-8,10H,5-6H2,1-4H3,(H,18,19). The Morgan fingerprint density at radius 1 is 1.60 bits per heavy atom. The molecule has 1 amide bonds. The maximum atomic E-state index is 13.1. The second-order valence-corrected chi connectivity index (χ2v) is 7.16. The minimum atomic E-state index is -0.897. The Bertz CT molecular complexity index is 500. The van der Waals surface area contributed by atoms with Crippen LogP contribution in [0.15, 0.2) is 6.20 Å².